The molecule has 432 valence electrons. The van der Waals surface area contributed by atoms with Crippen molar-refractivity contribution in [1.82, 2.24) is 0 Å². The third-order valence-electron chi connectivity index (χ3n) is 16.4. The van der Waals surface area contributed by atoms with Gasteiger partial charge in [-0.05, 0) is 71.3 Å². The van der Waals surface area contributed by atoms with Crippen LogP contribution in [0.4, 0.5) is 0 Å². The van der Waals surface area contributed by atoms with Crippen LogP contribution in [0.1, 0.15) is 97.3 Å². The first-order valence-electron chi connectivity index (χ1n) is 25.8. The highest BCUT2D eigenvalue weighted by atomic mass is 16.7. The maximum Gasteiger partial charge on any atom is 0.305 e. The maximum absolute atomic E-state index is 13.2. The number of aliphatic hydroxyl groups excluding tert-OH is 4. The molecule has 0 spiro atoms. The highest BCUT2D eigenvalue weighted by molar-refractivity contribution is 5.74. The number of phenolic OH excluding ortho intramolecular Hbond substituents is 15. The number of fused-ring (bicyclic) bond motifs is 10. The highest BCUT2D eigenvalue weighted by Crippen LogP contribution is 2.68. The molecule has 13 rings (SSSR count). The van der Waals surface area contributed by atoms with E-state index in [4.69, 9.17) is 23.7 Å². The van der Waals surface area contributed by atoms with Crippen LogP contribution in [0.15, 0.2) is 103 Å². The van der Waals surface area contributed by atoms with Crippen molar-refractivity contribution in [3.8, 4) is 115 Å². The Morgan fingerprint density at radius 1 is 0.333 bits per heavy atom. The largest absolute Gasteiger partial charge is 0.508 e. The molecule has 0 amide bonds. The molecular weight excluding hydrogens is 1100 g/mol. The molecule has 0 radical (unpaired) electrons. The van der Waals surface area contributed by atoms with E-state index in [9.17, 15) is 97.0 Å². The summed E-state index contributed by atoms with van der Waals surface area (Å²) >= 11 is 0. The normalized spacial score (nSPS) is 25.1. The van der Waals surface area contributed by atoms with Crippen LogP contribution in [0.25, 0.3) is 0 Å². The van der Waals surface area contributed by atoms with Crippen LogP contribution in [-0.2, 0) is 12.2 Å². The lowest BCUT2D eigenvalue weighted by Gasteiger charge is -2.52. The van der Waals surface area contributed by atoms with E-state index in [1.807, 2.05) is 0 Å². The van der Waals surface area contributed by atoms with Gasteiger partial charge in [-0.3, -0.25) is 0 Å². The Kier molecular flexibility index (Phi) is 11.7. The van der Waals surface area contributed by atoms with E-state index in [0.717, 1.165) is 78.9 Å². The molecule has 19 N–H and O–H groups in total. The van der Waals surface area contributed by atoms with Crippen LogP contribution in [-0.4, -0.2) is 121 Å². The number of aromatic hydroxyl groups is 15. The average Bonchev–Trinajstić information content (AvgIpc) is 0.890. The second-order valence-corrected chi connectivity index (χ2v) is 21.2. The van der Waals surface area contributed by atoms with Crippen LogP contribution in [0.2, 0.25) is 0 Å². The summed E-state index contributed by atoms with van der Waals surface area (Å²) in [5.41, 5.74) is -2.64. The molecule has 2 bridgehead atoms. The summed E-state index contributed by atoms with van der Waals surface area (Å²) < 4.78 is 32.9. The fraction of sp³-hybridized carbons (Fsp3) is 0.200. The van der Waals surface area contributed by atoms with Gasteiger partial charge in [0.25, 0.3) is 0 Å². The van der Waals surface area contributed by atoms with Gasteiger partial charge in [-0.2, -0.15) is 0 Å². The van der Waals surface area contributed by atoms with E-state index in [0.29, 0.717) is 0 Å². The molecule has 8 aromatic carbocycles. The second-order valence-electron chi connectivity index (χ2n) is 21.2. The van der Waals surface area contributed by atoms with Gasteiger partial charge in [0.1, 0.15) is 93.4 Å². The molecule has 11 atom stereocenters. The molecule has 0 saturated heterocycles. The van der Waals surface area contributed by atoms with Gasteiger partial charge in [-0.1, -0.05) is 18.2 Å². The van der Waals surface area contributed by atoms with Crippen LogP contribution in [0.3, 0.4) is 0 Å². The van der Waals surface area contributed by atoms with Crippen molar-refractivity contribution in [2.45, 2.75) is 72.7 Å². The summed E-state index contributed by atoms with van der Waals surface area (Å²) in [5.74, 6) is -20.4. The molecule has 5 aliphatic heterocycles. The molecule has 0 aromatic heterocycles. The predicted octanol–water partition coefficient (Wildman–Crippen LogP) is 5.69. The van der Waals surface area contributed by atoms with Crippen molar-refractivity contribution < 1.29 is 121 Å². The highest BCUT2D eigenvalue weighted by Gasteiger charge is 2.62. The Labute approximate surface area is 471 Å². The second kappa shape index (κ2) is 18.6. The first kappa shape index (κ1) is 52.9. The van der Waals surface area contributed by atoms with E-state index in [1.54, 1.807) is 0 Å². The summed E-state index contributed by atoms with van der Waals surface area (Å²) in [4.78, 5) is 0. The van der Waals surface area contributed by atoms with Crippen molar-refractivity contribution in [3.05, 3.63) is 164 Å². The third kappa shape index (κ3) is 7.68. The molecular formula is C60H48O24. The molecule has 1 unspecified atom stereocenters. The molecule has 0 saturated carbocycles. The number of ether oxygens (including phenoxy) is 5. The Bertz CT molecular complexity index is 4110. The Balaban J connectivity index is 1.09. The monoisotopic (exact) mass is 1150 g/mol. The molecule has 84 heavy (non-hydrogen) atoms. The molecule has 8 aromatic rings. The van der Waals surface area contributed by atoms with Crippen LogP contribution >= 0.6 is 0 Å². The lowest BCUT2D eigenvalue weighted by molar-refractivity contribution is -0.219. The summed E-state index contributed by atoms with van der Waals surface area (Å²) in [5, 5.41) is 218. The summed E-state index contributed by atoms with van der Waals surface area (Å²) in [6.45, 7) is 0. The number of hydrogen-bond acceptors (Lipinski definition) is 24. The summed E-state index contributed by atoms with van der Waals surface area (Å²) in [7, 11) is 0. The van der Waals surface area contributed by atoms with Crippen molar-refractivity contribution in [1.29, 1.82) is 0 Å². The zero-order valence-electron chi connectivity index (χ0n) is 42.8. The van der Waals surface area contributed by atoms with Crippen molar-refractivity contribution in [2.75, 3.05) is 0 Å². The number of phenols is 15. The fourth-order valence-electron chi connectivity index (χ4n) is 12.5. The standard InChI is InChI=1S/C60H48O24/c61-23-13-34(71)42-40(14-23)80-54(20-2-6-26(63)31(68)10-20)51(77)48(42)45-36(73)17-37(74)46-50-47-41(83-60(59(50)79,84-58(45)46)22-4-8-28(65)33(70)12-22)18-38(75)44-49(52(78)55(82-57(44)47)21-3-7-27(64)32(69)11-21)43-35(72)16-29(66)24-15-39(76)53(81-56(24)43)19-1-5-25(62)30(67)9-19/h1-14,16-18,39,48-55,59,61-79H,15H2/t39-,48+,49-,50+,51+,52+,53+,54+,55+,59?,60+/m0/s1. The Morgan fingerprint density at radius 3 is 1.36 bits per heavy atom. The fourth-order valence-corrected chi connectivity index (χ4v) is 12.5. The van der Waals surface area contributed by atoms with Gasteiger partial charge in [0.2, 0.25) is 0 Å². The molecule has 0 fully saturated rings. The van der Waals surface area contributed by atoms with Crippen LogP contribution in [0.5, 0.6) is 115 Å². The summed E-state index contributed by atoms with van der Waals surface area (Å²) in [6, 6.07) is 18.2. The first-order valence-corrected chi connectivity index (χ1v) is 25.8. The topological polar surface area (TPSA) is 431 Å². The van der Waals surface area contributed by atoms with Crippen LogP contribution < -0.4 is 23.7 Å². The lowest BCUT2D eigenvalue weighted by atomic mass is 9.70. The minimum Gasteiger partial charge on any atom is -0.508 e. The van der Waals surface area contributed by atoms with Crippen molar-refractivity contribution >= 4 is 0 Å². The predicted molar refractivity (Wildman–Crippen MR) is 283 cm³/mol. The Hall–Kier alpha value is -10.4. The van der Waals surface area contributed by atoms with Crippen LogP contribution in [0, 0.1) is 0 Å². The molecule has 5 aliphatic rings. The Morgan fingerprint density at radius 2 is 0.786 bits per heavy atom. The van der Waals surface area contributed by atoms with Gasteiger partial charge >= 0.3 is 5.79 Å². The number of rotatable bonds is 6. The van der Waals surface area contributed by atoms with Crippen molar-refractivity contribution in [3.63, 3.8) is 0 Å². The minimum atomic E-state index is -2.72. The van der Waals surface area contributed by atoms with E-state index < -0.39 is 193 Å². The number of benzene rings is 8. The SMILES string of the molecule is Oc1cc(O)c2c(c1)O[C@H](c1ccc(O)c(O)c1)[C@H](O)[C@H]2c1c(O)cc(O)c2c1O[C@@]1(c3ccc(O)c(O)c3)Oc3cc(O)c4c(c3[C@@H]2C1O)O[C@H](c1ccc(O)c(O)c1)[C@H](O)[C@H]4c1c(O)cc(O)c2c1O[C@H](c1ccc(O)c(O)c1)[C@@H](O)C2. The van der Waals surface area contributed by atoms with Gasteiger partial charge in [0.05, 0.1) is 23.9 Å². The van der Waals surface area contributed by atoms with E-state index in [-0.39, 0.29) is 56.0 Å². The van der Waals surface area contributed by atoms with E-state index in [2.05, 4.69) is 0 Å². The lowest BCUT2D eigenvalue weighted by Crippen LogP contribution is -2.58. The average molecular weight is 1150 g/mol. The van der Waals surface area contributed by atoms with Crippen molar-refractivity contribution in [2.24, 2.45) is 0 Å². The summed E-state index contributed by atoms with van der Waals surface area (Å²) in [6.07, 6.45) is -12.8. The zero-order valence-corrected chi connectivity index (χ0v) is 42.8. The molecule has 0 aliphatic carbocycles. The van der Waals surface area contributed by atoms with Gasteiger partial charge in [0.15, 0.2) is 58.2 Å². The van der Waals surface area contributed by atoms with Gasteiger partial charge in [-0.15, -0.1) is 0 Å². The van der Waals surface area contributed by atoms with E-state index in [1.165, 1.54) is 24.3 Å². The molecule has 5 heterocycles. The quantitative estimate of drug-likeness (QED) is 0.0889. The first-order chi connectivity index (χ1) is 40.0. The molecule has 24 nitrogen and oxygen atoms in total. The number of aliphatic hydroxyl groups is 4. The number of hydrogen-bond donors (Lipinski definition) is 19. The smallest absolute Gasteiger partial charge is 0.305 e. The third-order valence-corrected chi connectivity index (χ3v) is 16.4. The van der Waals surface area contributed by atoms with E-state index >= 15 is 0 Å². The maximum atomic E-state index is 13.2. The zero-order chi connectivity index (χ0) is 59.4. The van der Waals surface area contributed by atoms with Gasteiger partial charge < -0.3 is 121 Å². The van der Waals surface area contributed by atoms with Gasteiger partial charge in [0, 0.05) is 81.3 Å². The molecule has 24 heteroatoms. The van der Waals surface area contributed by atoms with Gasteiger partial charge in [-0.25, -0.2) is 0 Å². The minimum absolute atomic E-state index is 0.0134.